The van der Waals surface area contributed by atoms with Crippen LogP contribution in [0.2, 0.25) is 0 Å². The molecule has 0 spiro atoms. The van der Waals surface area contributed by atoms with Crippen molar-refractivity contribution in [3.05, 3.63) is 53.2 Å². The molecule has 7 rings (SSSR count). The molecule has 0 unspecified atom stereocenters. The molecule has 1 atom stereocenters. The lowest BCUT2D eigenvalue weighted by Crippen LogP contribution is -2.40. The Morgan fingerprint density at radius 3 is 2.57 bits per heavy atom. The normalized spacial score (nSPS) is 26.8. The fraction of sp³-hybridized carbons (Fsp3) is 0.576. The van der Waals surface area contributed by atoms with Crippen LogP contribution in [0.5, 0.6) is 5.75 Å². The molecular weight excluding hydrogens is 536 g/mol. The summed E-state index contributed by atoms with van der Waals surface area (Å²) in [5, 5.41) is 13.4. The number of anilines is 2. The smallest absolute Gasteiger partial charge is 0.276 e. The first-order valence-electron chi connectivity index (χ1n) is 16.8. The maximum Gasteiger partial charge on any atom is 0.276 e. The van der Waals surface area contributed by atoms with E-state index in [0.29, 0.717) is 75.7 Å². The summed E-state index contributed by atoms with van der Waals surface area (Å²) in [6.07, 6.45) is 4.79. The summed E-state index contributed by atoms with van der Waals surface area (Å²) in [6.45, 7) is 4.67. The van der Waals surface area contributed by atoms with Gasteiger partial charge in [0, 0.05) is 45.8 Å². The summed E-state index contributed by atoms with van der Waals surface area (Å²) < 4.78 is 69.3. The van der Waals surface area contributed by atoms with Gasteiger partial charge in [0.2, 0.25) is 0 Å². The van der Waals surface area contributed by atoms with Crippen LogP contribution in [-0.2, 0) is 10.7 Å². The number of aryl methyl sites for hydroxylation is 1. The monoisotopic (exact) mass is 582 g/mol. The molecule has 0 radical (unpaired) electrons. The molecule has 0 aliphatic carbocycles. The van der Waals surface area contributed by atoms with Crippen LogP contribution in [0.4, 0.5) is 20.3 Å². The number of hydrogen-bond acceptors (Lipinski definition) is 7. The molecule has 0 amide bonds. The molecule has 7 nitrogen and oxygen atoms in total. The van der Waals surface area contributed by atoms with E-state index in [4.69, 9.17) is 13.6 Å². The highest BCUT2D eigenvalue weighted by atomic mass is 19.3. The number of benzene rings is 2. The van der Waals surface area contributed by atoms with E-state index in [2.05, 4.69) is 25.3 Å². The standard InChI is InChI=1S/C33H43F2N5O2/c1-23-25-8-7-9-27(20-25)33(34,35)26-10-13-39(14-11-26)12-5-3-4-6-17-42-30-22-28(40-15-18-41-19-16-40)21-29-31(30)24(2)37-38-32(29)36-23/h7-9,20-23,26H,3-6,10-19H2,1-2H3,(H,36,38)/t23-/m1/s1/i1D3. The average Bonchev–Trinajstić information content (AvgIpc) is 3.03. The number of ether oxygens (including phenoxy) is 2. The first-order valence-corrected chi connectivity index (χ1v) is 15.3. The second kappa shape index (κ2) is 12.7. The molecule has 8 bridgehead atoms. The lowest BCUT2D eigenvalue weighted by Gasteiger charge is -2.36. The fourth-order valence-corrected chi connectivity index (χ4v) is 6.49. The summed E-state index contributed by atoms with van der Waals surface area (Å²) in [5.74, 6) is -2.92. The van der Waals surface area contributed by atoms with E-state index in [1.54, 1.807) is 6.07 Å². The molecule has 2 saturated heterocycles. The van der Waals surface area contributed by atoms with Gasteiger partial charge in [0.1, 0.15) is 5.75 Å². The lowest BCUT2D eigenvalue weighted by molar-refractivity contribution is -0.0855. The molecule has 1 aromatic heterocycles. The van der Waals surface area contributed by atoms with E-state index < -0.39 is 24.7 Å². The molecule has 0 saturated carbocycles. The van der Waals surface area contributed by atoms with Crippen LogP contribution in [0.15, 0.2) is 36.4 Å². The first kappa shape index (κ1) is 25.5. The topological polar surface area (TPSA) is 62.8 Å². The van der Waals surface area contributed by atoms with Crippen LogP contribution in [0, 0.1) is 12.8 Å². The molecule has 4 aliphatic heterocycles. The van der Waals surface area contributed by atoms with Gasteiger partial charge in [-0.25, -0.2) is 8.78 Å². The van der Waals surface area contributed by atoms with Gasteiger partial charge in [0.05, 0.1) is 36.9 Å². The highest BCUT2D eigenvalue weighted by Crippen LogP contribution is 2.43. The zero-order valence-corrected chi connectivity index (χ0v) is 24.4. The number of alkyl halides is 2. The molecule has 42 heavy (non-hydrogen) atoms. The third-order valence-electron chi connectivity index (χ3n) is 8.99. The Bertz CT molecular complexity index is 1480. The van der Waals surface area contributed by atoms with E-state index >= 15 is 8.78 Å². The van der Waals surface area contributed by atoms with Gasteiger partial charge in [-0.15, -0.1) is 5.10 Å². The van der Waals surface area contributed by atoms with Gasteiger partial charge in [0.15, 0.2) is 5.82 Å². The maximum absolute atomic E-state index is 16.0. The van der Waals surface area contributed by atoms with Gasteiger partial charge >= 0.3 is 0 Å². The number of halogens is 2. The van der Waals surface area contributed by atoms with Crippen molar-refractivity contribution in [3.63, 3.8) is 0 Å². The number of rotatable bonds is 1. The number of hydrogen-bond donors (Lipinski definition) is 1. The summed E-state index contributed by atoms with van der Waals surface area (Å²) in [5.41, 5.74) is 1.69. The van der Waals surface area contributed by atoms with Crippen molar-refractivity contribution < 1.29 is 22.4 Å². The van der Waals surface area contributed by atoms with E-state index in [9.17, 15) is 0 Å². The van der Waals surface area contributed by atoms with Crippen molar-refractivity contribution >= 4 is 22.3 Å². The molecule has 2 aromatic carbocycles. The largest absolute Gasteiger partial charge is 0.493 e. The van der Waals surface area contributed by atoms with E-state index in [0.717, 1.165) is 43.3 Å². The van der Waals surface area contributed by atoms with Gasteiger partial charge in [-0.05, 0) is 76.8 Å². The number of fused-ring (bicyclic) bond motifs is 9. The van der Waals surface area contributed by atoms with Gasteiger partial charge in [-0.3, -0.25) is 0 Å². The summed E-state index contributed by atoms with van der Waals surface area (Å²) in [7, 11) is 0. The summed E-state index contributed by atoms with van der Waals surface area (Å²) in [4.78, 5) is 4.51. The molecule has 5 heterocycles. The quantitative estimate of drug-likeness (QED) is 0.342. The third-order valence-corrected chi connectivity index (χ3v) is 8.99. The van der Waals surface area contributed by atoms with Gasteiger partial charge < -0.3 is 24.6 Å². The van der Waals surface area contributed by atoms with Crippen molar-refractivity contribution in [2.45, 2.75) is 64.3 Å². The predicted octanol–water partition coefficient (Wildman–Crippen LogP) is 6.70. The van der Waals surface area contributed by atoms with E-state index in [-0.39, 0.29) is 16.9 Å². The van der Waals surface area contributed by atoms with Crippen LogP contribution in [-0.4, -0.2) is 67.6 Å². The lowest BCUT2D eigenvalue weighted by atomic mass is 9.85. The molecular formula is C33H43F2N5O2. The molecule has 2 fully saturated rings. The van der Waals surface area contributed by atoms with Crippen molar-refractivity contribution in [1.29, 1.82) is 0 Å². The first-order chi connectivity index (χ1) is 21.6. The zero-order valence-electron chi connectivity index (χ0n) is 27.4. The fourth-order valence-electron chi connectivity index (χ4n) is 6.49. The molecule has 3 aromatic rings. The molecule has 9 heteroatoms. The Hall–Kier alpha value is -3.04. The SMILES string of the molecule is [2H]C([2H])([2H])[C@H]1Nc2nnc(C)c3c(cc(N4CCOCC4)cc23)OCCCCCCN2CCC(CC2)C(F)(F)c2cccc1c2. The van der Waals surface area contributed by atoms with Gasteiger partial charge in [0.25, 0.3) is 5.92 Å². The van der Waals surface area contributed by atoms with Crippen LogP contribution in [0.3, 0.4) is 0 Å². The van der Waals surface area contributed by atoms with Gasteiger partial charge in [-0.2, -0.15) is 5.10 Å². The minimum absolute atomic E-state index is 0.148. The zero-order chi connectivity index (χ0) is 31.6. The van der Waals surface area contributed by atoms with Crippen molar-refractivity contribution in [3.8, 4) is 5.75 Å². The van der Waals surface area contributed by atoms with Crippen molar-refractivity contribution in [2.24, 2.45) is 5.92 Å². The van der Waals surface area contributed by atoms with Crippen molar-refractivity contribution in [1.82, 2.24) is 15.1 Å². The van der Waals surface area contributed by atoms with E-state index in [1.807, 2.05) is 19.1 Å². The summed E-state index contributed by atoms with van der Waals surface area (Å²) in [6, 6.07) is 8.63. The van der Waals surface area contributed by atoms with Crippen LogP contribution >= 0.6 is 0 Å². The van der Waals surface area contributed by atoms with Crippen LogP contribution in [0.1, 0.15) is 72.4 Å². The minimum Gasteiger partial charge on any atom is -0.493 e. The van der Waals surface area contributed by atoms with Crippen molar-refractivity contribution in [2.75, 3.05) is 62.8 Å². The number of morpholine rings is 1. The molecule has 226 valence electrons. The number of nitrogens with one attached hydrogen (secondary N) is 1. The maximum atomic E-state index is 16.0. The second-order valence-corrected chi connectivity index (χ2v) is 11.8. The highest BCUT2D eigenvalue weighted by Gasteiger charge is 2.42. The van der Waals surface area contributed by atoms with E-state index in [1.165, 1.54) is 18.2 Å². The molecule has 4 aliphatic rings. The Balaban J connectivity index is 1.44. The number of aromatic nitrogens is 2. The predicted molar refractivity (Wildman–Crippen MR) is 163 cm³/mol. The van der Waals surface area contributed by atoms with Gasteiger partial charge in [-0.1, -0.05) is 31.0 Å². The minimum atomic E-state index is -3.07. The highest BCUT2D eigenvalue weighted by molar-refractivity contribution is 5.99. The number of nitrogens with zero attached hydrogens (tertiary/aromatic N) is 4. The molecule has 1 N–H and O–H groups in total. The second-order valence-electron chi connectivity index (χ2n) is 11.8. The summed E-state index contributed by atoms with van der Waals surface area (Å²) >= 11 is 0. The van der Waals surface area contributed by atoms with Crippen LogP contribution < -0.4 is 15.0 Å². The van der Waals surface area contributed by atoms with Crippen LogP contribution in [0.25, 0.3) is 10.8 Å². The average molecular weight is 583 g/mol. The Morgan fingerprint density at radius 2 is 1.76 bits per heavy atom. The number of piperidine rings is 1. The Kier molecular flexibility index (Phi) is 7.68. The Labute approximate surface area is 251 Å². The third kappa shape index (κ3) is 6.18. The Morgan fingerprint density at radius 1 is 0.952 bits per heavy atom.